The first-order valence-corrected chi connectivity index (χ1v) is 2.95. The molecule has 1 atom stereocenters. The molecule has 1 heterocycles. The lowest BCUT2D eigenvalue weighted by molar-refractivity contribution is 1.03. The predicted octanol–water partition coefficient (Wildman–Crippen LogP) is -0.858. The molecule has 0 saturated carbocycles. The topological polar surface area (TPSA) is 26.0 Å². The Balaban J connectivity index is 2.00. The summed E-state index contributed by atoms with van der Waals surface area (Å²) in [7, 11) is 0. The van der Waals surface area contributed by atoms with Crippen LogP contribution in [0.3, 0.4) is 0 Å². The molecular weight excluding hydrogens is 82.1 g/mol. The van der Waals surface area contributed by atoms with Crippen molar-refractivity contribution in [2.24, 2.45) is 5.73 Å². The van der Waals surface area contributed by atoms with Crippen molar-refractivity contribution in [2.45, 2.75) is 5.25 Å². The Morgan fingerprint density at radius 3 is 2.60 bits per heavy atom. The van der Waals surface area contributed by atoms with Gasteiger partial charge < -0.3 is 5.73 Å². The molecule has 0 radical (unpaired) electrons. The van der Waals surface area contributed by atoms with Crippen molar-refractivity contribution < 1.29 is 0 Å². The molecule has 30 valence electrons. The van der Waals surface area contributed by atoms with Gasteiger partial charge in [0.1, 0.15) is 0 Å². The molecule has 2 N–H and O–H groups in total. The van der Waals surface area contributed by atoms with Gasteiger partial charge in [0.2, 0.25) is 0 Å². The highest BCUT2D eigenvalue weighted by atomic mass is 32.2. The molecular formula is C3H8NS+. The maximum atomic E-state index is 5.23. The van der Waals surface area contributed by atoms with Gasteiger partial charge in [0.05, 0.1) is 0 Å². The minimum atomic E-state index is 0.884. The summed E-state index contributed by atoms with van der Waals surface area (Å²) < 4.78 is 0. The largest absolute Gasteiger partial charge is 0.326 e. The van der Waals surface area contributed by atoms with Crippen LogP contribution in [0.2, 0.25) is 0 Å². The minimum absolute atomic E-state index is 0.884. The van der Waals surface area contributed by atoms with E-state index in [1.54, 1.807) is 11.8 Å². The van der Waals surface area contributed by atoms with Gasteiger partial charge in [0, 0.05) is 6.54 Å². The molecule has 1 fully saturated rings. The van der Waals surface area contributed by atoms with Gasteiger partial charge in [-0.1, -0.05) is 0 Å². The first kappa shape index (κ1) is 3.50. The van der Waals surface area contributed by atoms with E-state index in [0.717, 1.165) is 11.8 Å². The van der Waals surface area contributed by atoms with E-state index >= 15 is 0 Å². The summed E-state index contributed by atoms with van der Waals surface area (Å²) in [5.41, 5.74) is 5.23. The van der Waals surface area contributed by atoms with Crippen LogP contribution in [0, 0.1) is 0 Å². The molecule has 2 heteroatoms. The fraction of sp³-hybridized carbons (Fsp3) is 1.00. The first-order valence-electron chi connectivity index (χ1n) is 1.80. The van der Waals surface area contributed by atoms with Crippen LogP contribution in [0.15, 0.2) is 0 Å². The van der Waals surface area contributed by atoms with Crippen molar-refractivity contribution in [2.75, 3.05) is 12.3 Å². The van der Waals surface area contributed by atoms with Gasteiger partial charge in [-0.25, -0.2) is 0 Å². The van der Waals surface area contributed by atoms with Crippen molar-refractivity contribution >= 4 is 11.8 Å². The molecule has 1 rings (SSSR count). The minimum Gasteiger partial charge on any atom is -0.326 e. The standard InChI is InChI=1S/C3H7NS/c4-1-3-2-5-3/h3H,1-2,4H2/p+1/t3-/m0/s1. The van der Waals surface area contributed by atoms with Crippen LogP contribution >= 0.6 is 0 Å². The van der Waals surface area contributed by atoms with Gasteiger partial charge >= 0.3 is 0 Å². The van der Waals surface area contributed by atoms with E-state index in [1.165, 1.54) is 5.75 Å². The van der Waals surface area contributed by atoms with E-state index in [0.29, 0.717) is 0 Å². The quantitative estimate of drug-likeness (QED) is 0.253. The van der Waals surface area contributed by atoms with Crippen LogP contribution < -0.4 is 5.73 Å². The van der Waals surface area contributed by atoms with E-state index in [1.807, 2.05) is 0 Å². The van der Waals surface area contributed by atoms with Crippen molar-refractivity contribution in [3.8, 4) is 0 Å². The molecule has 1 nitrogen and oxygen atoms in total. The number of hydrogen-bond acceptors (Lipinski definition) is 1. The Morgan fingerprint density at radius 2 is 2.60 bits per heavy atom. The molecule has 1 saturated heterocycles. The Labute approximate surface area is 35.9 Å². The molecule has 5 heavy (non-hydrogen) atoms. The molecule has 0 amide bonds. The van der Waals surface area contributed by atoms with Crippen molar-refractivity contribution in [3.05, 3.63) is 0 Å². The van der Waals surface area contributed by atoms with Crippen molar-refractivity contribution in [1.82, 2.24) is 0 Å². The smallest absolute Gasteiger partial charge is 0.172 e. The molecule has 0 aromatic carbocycles. The van der Waals surface area contributed by atoms with E-state index < -0.39 is 0 Å². The maximum absolute atomic E-state index is 5.23. The average Bonchev–Trinajstić information content (AvgIpc) is 2.12. The van der Waals surface area contributed by atoms with Gasteiger partial charge in [-0.3, -0.25) is 0 Å². The summed E-state index contributed by atoms with van der Waals surface area (Å²) in [5.74, 6) is 1.36. The number of hydrogen-bond donors (Lipinski definition) is 1. The molecule has 0 unspecified atom stereocenters. The molecule has 0 spiro atoms. The lowest BCUT2D eigenvalue weighted by Gasteiger charge is -1.64. The Bertz CT molecular complexity index is 33.9. The molecule has 0 bridgehead atoms. The molecule has 0 aliphatic carbocycles. The van der Waals surface area contributed by atoms with Gasteiger partial charge in [0.25, 0.3) is 0 Å². The summed E-state index contributed by atoms with van der Waals surface area (Å²) in [6, 6.07) is 0. The third kappa shape index (κ3) is 0.816. The van der Waals surface area contributed by atoms with Gasteiger partial charge in [-0.2, -0.15) is 0 Å². The van der Waals surface area contributed by atoms with E-state index in [9.17, 15) is 0 Å². The predicted molar refractivity (Wildman–Crippen MR) is 26.5 cm³/mol. The SMILES string of the molecule is NC[C@H]1C[SH+]1. The Morgan fingerprint density at radius 1 is 2.00 bits per heavy atom. The summed E-state index contributed by atoms with van der Waals surface area (Å²) in [4.78, 5) is 0. The van der Waals surface area contributed by atoms with Crippen LogP contribution in [0.4, 0.5) is 0 Å². The van der Waals surface area contributed by atoms with Crippen LogP contribution in [-0.4, -0.2) is 17.5 Å². The van der Waals surface area contributed by atoms with Gasteiger partial charge in [0.15, 0.2) is 11.0 Å². The summed E-state index contributed by atoms with van der Waals surface area (Å²) in [5, 5.41) is 0.884. The van der Waals surface area contributed by atoms with Crippen molar-refractivity contribution in [1.29, 1.82) is 0 Å². The summed E-state index contributed by atoms with van der Waals surface area (Å²) >= 11 is 1.57. The van der Waals surface area contributed by atoms with Crippen LogP contribution in [-0.2, 0) is 11.8 Å². The lowest BCUT2D eigenvalue weighted by atomic mass is 10.5. The summed E-state index contributed by atoms with van der Waals surface area (Å²) in [6.45, 7) is 0.904. The Hall–Kier alpha value is 0.310. The monoisotopic (exact) mass is 90.0 g/mol. The molecule has 1 aliphatic heterocycles. The fourth-order valence-electron chi connectivity index (χ4n) is 0.224. The van der Waals surface area contributed by atoms with E-state index in [2.05, 4.69) is 0 Å². The van der Waals surface area contributed by atoms with Crippen LogP contribution in [0.25, 0.3) is 0 Å². The second kappa shape index (κ2) is 1.19. The number of rotatable bonds is 1. The number of nitrogens with two attached hydrogens (primary N) is 1. The zero-order valence-corrected chi connectivity index (χ0v) is 3.91. The third-order valence-electron chi connectivity index (χ3n) is 0.713. The number of thiol groups is 1. The van der Waals surface area contributed by atoms with Gasteiger partial charge in [-0.05, 0) is 11.8 Å². The zero-order chi connectivity index (χ0) is 3.70. The van der Waals surface area contributed by atoms with Gasteiger partial charge in [-0.15, -0.1) is 0 Å². The Kier molecular flexibility index (Phi) is 0.830. The first-order chi connectivity index (χ1) is 2.43. The molecule has 0 aromatic rings. The molecule has 1 aliphatic rings. The van der Waals surface area contributed by atoms with Crippen LogP contribution in [0.1, 0.15) is 0 Å². The lowest BCUT2D eigenvalue weighted by Crippen LogP contribution is -2.04. The highest BCUT2D eigenvalue weighted by Gasteiger charge is 2.31. The van der Waals surface area contributed by atoms with Crippen LogP contribution in [0.5, 0.6) is 0 Å². The van der Waals surface area contributed by atoms with Crippen molar-refractivity contribution in [3.63, 3.8) is 0 Å². The fourth-order valence-corrected chi connectivity index (χ4v) is 0.671. The highest BCUT2D eigenvalue weighted by molar-refractivity contribution is 7.86. The highest BCUT2D eigenvalue weighted by Crippen LogP contribution is 2.05. The second-order valence-electron chi connectivity index (χ2n) is 1.25. The normalized spacial score (nSPS) is 34.2. The third-order valence-corrected chi connectivity index (χ3v) is 1.81. The zero-order valence-electron chi connectivity index (χ0n) is 3.02. The average molecular weight is 90.2 g/mol. The molecule has 0 aromatic heterocycles. The summed E-state index contributed by atoms with van der Waals surface area (Å²) in [6.07, 6.45) is 0. The maximum Gasteiger partial charge on any atom is 0.172 e. The second-order valence-corrected chi connectivity index (χ2v) is 2.72. The van der Waals surface area contributed by atoms with E-state index in [4.69, 9.17) is 5.73 Å². The van der Waals surface area contributed by atoms with E-state index in [-0.39, 0.29) is 0 Å².